The summed E-state index contributed by atoms with van der Waals surface area (Å²) in [6, 6.07) is 14.2. The molecule has 4 heteroatoms. The molecule has 1 aromatic heterocycles. The fraction of sp³-hybridized carbons (Fsp3) is 0.118. The predicted octanol–water partition coefficient (Wildman–Crippen LogP) is 4.62. The Morgan fingerprint density at radius 3 is 2.95 bits per heavy atom. The lowest BCUT2D eigenvalue weighted by Gasteiger charge is -2.12. The number of ether oxygens (including phenoxy) is 1. The zero-order valence-electron chi connectivity index (χ0n) is 11.6. The van der Waals surface area contributed by atoms with Crippen LogP contribution in [-0.4, -0.2) is 12.1 Å². The van der Waals surface area contributed by atoms with E-state index in [0.29, 0.717) is 0 Å². The summed E-state index contributed by atoms with van der Waals surface area (Å²) in [7, 11) is 1.67. The number of hydrogen-bond donors (Lipinski definition) is 1. The molecule has 3 rings (SSSR count). The molecule has 2 aromatic carbocycles. The van der Waals surface area contributed by atoms with Gasteiger partial charge in [0.05, 0.1) is 12.8 Å². The van der Waals surface area contributed by atoms with Gasteiger partial charge >= 0.3 is 0 Å². The molecule has 1 heterocycles. The number of nitrogens with one attached hydrogen (secondary N) is 1. The quantitative estimate of drug-likeness (QED) is 0.751. The van der Waals surface area contributed by atoms with E-state index in [1.165, 1.54) is 10.9 Å². The minimum atomic E-state index is 0.743. The molecule has 0 saturated carbocycles. The molecule has 0 amide bonds. The second-order valence-corrected chi connectivity index (χ2v) is 5.57. The Bertz CT molecular complexity index is 768. The normalized spacial score (nSPS) is 10.6. The Balaban J connectivity index is 1.87. The van der Waals surface area contributed by atoms with Crippen LogP contribution in [0.15, 0.2) is 59.3 Å². The van der Waals surface area contributed by atoms with Gasteiger partial charge in [0.15, 0.2) is 0 Å². The van der Waals surface area contributed by atoms with Crippen molar-refractivity contribution in [3.63, 3.8) is 0 Å². The fourth-order valence-electron chi connectivity index (χ4n) is 2.30. The third-order valence-corrected chi connectivity index (χ3v) is 4.11. The Kier molecular flexibility index (Phi) is 4.06. The molecule has 3 aromatic rings. The van der Waals surface area contributed by atoms with E-state index < -0.39 is 0 Å². The van der Waals surface area contributed by atoms with Crippen LogP contribution in [0, 0.1) is 0 Å². The van der Waals surface area contributed by atoms with Crippen molar-refractivity contribution in [3.8, 4) is 5.75 Å². The van der Waals surface area contributed by atoms with E-state index >= 15 is 0 Å². The van der Waals surface area contributed by atoms with E-state index in [4.69, 9.17) is 4.74 Å². The van der Waals surface area contributed by atoms with Crippen LogP contribution in [0.5, 0.6) is 5.75 Å². The highest BCUT2D eigenvalue weighted by Crippen LogP contribution is 2.28. The molecular formula is C17H15BrN2O. The van der Waals surface area contributed by atoms with Crippen molar-refractivity contribution in [2.24, 2.45) is 0 Å². The van der Waals surface area contributed by atoms with Gasteiger partial charge in [-0.2, -0.15) is 0 Å². The second kappa shape index (κ2) is 6.14. The maximum Gasteiger partial charge on any atom is 0.121 e. The van der Waals surface area contributed by atoms with Gasteiger partial charge in [-0.15, -0.1) is 0 Å². The first-order chi connectivity index (χ1) is 10.3. The van der Waals surface area contributed by atoms with Crippen molar-refractivity contribution >= 4 is 32.4 Å². The molecule has 0 aliphatic heterocycles. The molecule has 0 saturated heterocycles. The van der Waals surface area contributed by atoms with Gasteiger partial charge in [-0.05, 0) is 45.1 Å². The molecule has 0 fully saturated rings. The minimum absolute atomic E-state index is 0.743. The topological polar surface area (TPSA) is 34.1 Å². The molecular weight excluding hydrogens is 328 g/mol. The van der Waals surface area contributed by atoms with Gasteiger partial charge in [0.25, 0.3) is 0 Å². The van der Waals surface area contributed by atoms with Gasteiger partial charge in [-0.1, -0.05) is 18.2 Å². The van der Waals surface area contributed by atoms with Crippen LogP contribution in [0.4, 0.5) is 5.69 Å². The van der Waals surface area contributed by atoms with Crippen molar-refractivity contribution < 1.29 is 4.74 Å². The lowest BCUT2D eigenvalue weighted by molar-refractivity contribution is 0.415. The Labute approximate surface area is 132 Å². The van der Waals surface area contributed by atoms with E-state index in [2.05, 4.69) is 44.4 Å². The van der Waals surface area contributed by atoms with Crippen LogP contribution < -0.4 is 10.1 Å². The molecule has 0 spiro atoms. The molecule has 21 heavy (non-hydrogen) atoms. The van der Waals surface area contributed by atoms with Crippen LogP contribution in [0.25, 0.3) is 10.8 Å². The zero-order valence-corrected chi connectivity index (χ0v) is 13.2. The number of nitrogens with zero attached hydrogens (tertiary/aromatic N) is 1. The monoisotopic (exact) mass is 342 g/mol. The van der Waals surface area contributed by atoms with Gasteiger partial charge in [0.2, 0.25) is 0 Å². The highest BCUT2D eigenvalue weighted by Gasteiger charge is 2.04. The smallest absolute Gasteiger partial charge is 0.121 e. The average molecular weight is 343 g/mol. The first kappa shape index (κ1) is 13.9. The Morgan fingerprint density at radius 2 is 2.10 bits per heavy atom. The molecule has 0 aliphatic rings. The highest BCUT2D eigenvalue weighted by molar-refractivity contribution is 9.10. The number of pyridine rings is 1. The number of fused-ring (bicyclic) bond motifs is 1. The number of anilines is 1. The first-order valence-corrected chi connectivity index (χ1v) is 7.46. The van der Waals surface area contributed by atoms with Crippen molar-refractivity contribution in [3.05, 3.63) is 64.9 Å². The van der Waals surface area contributed by atoms with Gasteiger partial charge in [0.1, 0.15) is 5.75 Å². The number of hydrogen-bond acceptors (Lipinski definition) is 3. The van der Waals surface area contributed by atoms with Crippen LogP contribution in [0.3, 0.4) is 0 Å². The predicted molar refractivity (Wildman–Crippen MR) is 89.8 cm³/mol. The summed E-state index contributed by atoms with van der Waals surface area (Å²) in [6.07, 6.45) is 3.72. The third kappa shape index (κ3) is 3.00. The molecule has 0 unspecified atom stereocenters. The van der Waals surface area contributed by atoms with E-state index in [0.717, 1.165) is 27.8 Å². The van der Waals surface area contributed by atoms with E-state index in [1.807, 2.05) is 36.7 Å². The molecule has 1 N–H and O–H groups in total. The number of halogens is 1. The molecule has 0 aliphatic carbocycles. The van der Waals surface area contributed by atoms with Crippen LogP contribution in [-0.2, 0) is 6.54 Å². The Hall–Kier alpha value is -2.07. The van der Waals surface area contributed by atoms with Gasteiger partial charge in [0, 0.05) is 34.9 Å². The molecule has 3 nitrogen and oxygen atoms in total. The van der Waals surface area contributed by atoms with Crippen LogP contribution >= 0.6 is 15.9 Å². The van der Waals surface area contributed by atoms with Gasteiger partial charge in [-0.3, -0.25) is 4.98 Å². The lowest BCUT2D eigenvalue weighted by atomic mass is 10.1. The van der Waals surface area contributed by atoms with Crippen molar-refractivity contribution in [1.29, 1.82) is 0 Å². The molecule has 0 atom stereocenters. The summed E-state index contributed by atoms with van der Waals surface area (Å²) >= 11 is 3.55. The standard InChI is InChI=1S/C17H15BrN2O/c1-21-14-5-6-16(18)17(9-14)20-11-13-4-2-3-12-10-19-8-7-15(12)13/h2-10,20H,11H2,1H3. The van der Waals surface area contributed by atoms with Gasteiger partial charge in [-0.25, -0.2) is 0 Å². The van der Waals surface area contributed by atoms with E-state index in [-0.39, 0.29) is 0 Å². The maximum absolute atomic E-state index is 5.26. The first-order valence-electron chi connectivity index (χ1n) is 6.67. The Morgan fingerprint density at radius 1 is 1.19 bits per heavy atom. The lowest BCUT2D eigenvalue weighted by Crippen LogP contribution is -2.01. The van der Waals surface area contributed by atoms with Crippen molar-refractivity contribution in [2.75, 3.05) is 12.4 Å². The minimum Gasteiger partial charge on any atom is -0.497 e. The van der Waals surface area contributed by atoms with Crippen molar-refractivity contribution in [1.82, 2.24) is 4.98 Å². The summed E-state index contributed by atoms with van der Waals surface area (Å²) in [4.78, 5) is 4.16. The number of rotatable bonds is 4. The van der Waals surface area contributed by atoms with Crippen LogP contribution in [0.1, 0.15) is 5.56 Å². The largest absolute Gasteiger partial charge is 0.497 e. The summed E-state index contributed by atoms with van der Waals surface area (Å²) in [5, 5.41) is 5.82. The maximum atomic E-state index is 5.26. The zero-order chi connectivity index (χ0) is 14.7. The fourth-order valence-corrected chi connectivity index (χ4v) is 2.69. The molecule has 0 bridgehead atoms. The third-order valence-electron chi connectivity index (χ3n) is 3.41. The van der Waals surface area contributed by atoms with E-state index in [9.17, 15) is 0 Å². The average Bonchev–Trinajstić information content (AvgIpc) is 2.54. The summed E-state index contributed by atoms with van der Waals surface area (Å²) in [5.74, 6) is 0.836. The molecule has 106 valence electrons. The molecule has 0 radical (unpaired) electrons. The summed E-state index contributed by atoms with van der Waals surface area (Å²) < 4.78 is 6.28. The van der Waals surface area contributed by atoms with E-state index in [1.54, 1.807) is 7.11 Å². The number of benzene rings is 2. The second-order valence-electron chi connectivity index (χ2n) is 4.71. The highest BCUT2D eigenvalue weighted by atomic mass is 79.9. The van der Waals surface area contributed by atoms with Crippen molar-refractivity contribution in [2.45, 2.75) is 6.54 Å². The van der Waals surface area contributed by atoms with Crippen LogP contribution in [0.2, 0.25) is 0 Å². The number of aromatic nitrogens is 1. The summed E-state index contributed by atoms with van der Waals surface area (Å²) in [6.45, 7) is 0.743. The summed E-state index contributed by atoms with van der Waals surface area (Å²) in [5.41, 5.74) is 2.25. The SMILES string of the molecule is COc1ccc(Br)c(NCc2cccc3cnccc23)c1. The number of methoxy groups -OCH3 is 1. The van der Waals surface area contributed by atoms with Gasteiger partial charge < -0.3 is 10.1 Å².